The second-order valence-corrected chi connectivity index (χ2v) is 5.73. The third kappa shape index (κ3) is 3.01. The van der Waals surface area contributed by atoms with Crippen molar-refractivity contribution in [2.24, 2.45) is 0 Å². The summed E-state index contributed by atoms with van der Waals surface area (Å²) in [6, 6.07) is 3.44. The molecule has 2 aromatic rings. The summed E-state index contributed by atoms with van der Waals surface area (Å²) >= 11 is 10.8. The minimum atomic E-state index is -0.232. The van der Waals surface area contributed by atoms with Crippen molar-refractivity contribution in [1.29, 1.82) is 0 Å². The Morgan fingerprint density at radius 1 is 1.61 bits per heavy atom. The van der Waals surface area contributed by atoms with E-state index in [4.69, 9.17) is 17.3 Å². The lowest BCUT2D eigenvalue weighted by Crippen LogP contribution is -2.22. The van der Waals surface area contributed by atoms with Gasteiger partial charge in [0, 0.05) is 15.5 Å². The number of aromatic nitrogens is 1. The normalized spacial score (nSPS) is 10.3. The molecule has 2 heterocycles. The van der Waals surface area contributed by atoms with Crippen LogP contribution in [0, 0.1) is 0 Å². The summed E-state index contributed by atoms with van der Waals surface area (Å²) in [6.45, 7) is 0.457. The zero-order valence-corrected chi connectivity index (χ0v) is 12.3. The average Bonchev–Trinajstić information content (AvgIpc) is 2.75. The first-order valence-corrected chi connectivity index (χ1v) is 7.04. The summed E-state index contributed by atoms with van der Waals surface area (Å²) < 4.78 is 0.987. The first-order valence-electron chi connectivity index (χ1n) is 4.99. The first-order chi connectivity index (χ1) is 8.58. The van der Waals surface area contributed by atoms with Crippen LogP contribution >= 0.6 is 38.9 Å². The number of hydrogen-bond donors (Lipinski definition) is 2. The molecule has 0 radical (unpaired) electrons. The fourth-order valence-corrected chi connectivity index (χ4v) is 2.89. The van der Waals surface area contributed by atoms with Gasteiger partial charge >= 0.3 is 0 Å². The number of pyridine rings is 1. The number of nitrogens with zero attached hydrogens (tertiary/aromatic N) is 1. The average molecular weight is 347 g/mol. The number of rotatable bonds is 3. The van der Waals surface area contributed by atoms with Crippen molar-refractivity contribution in [1.82, 2.24) is 10.3 Å². The fourth-order valence-electron chi connectivity index (χ4n) is 1.29. The van der Waals surface area contributed by atoms with E-state index in [2.05, 4.69) is 26.2 Å². The molecule has 0 fully saturated rings. The summed E-state index contributed by atoms with van der Waals surface area (Å²) in [5.41, 5.74) is 5.87. The lowest BCUT2D eigenvalue weighted by molar-refractivity contribution is 0.0951. The number of nitrogens with one attached hydrogen (secondary N) is 1. The Bertz CT molecular complexity index is 587. The highest BCUT2D eigenvalue weighted by molar-refractivity contribution is 9.10. The first kappa shape index (κ1) is 13.3. The van der Waals surface area contributed by atoms with Gasteiger partial charge in [-0.2, -0.15) is 0 Å². The molecule has 1 amide bonds. The molecule has 2 rings (SSSR count). The van der Waals surface area contributed by atoms with Crippen LogP contribution in [-0.4, -0.2) is 10.9 Å². The van der Waals surface area contributed by atoms with Crippen molar-refractivity contribution >= 4 is 50.6 Å². The van der Waals surface area contributed by atoms with Gasteiger partial charge in [0.25, 0.3) is 5.91 Å². The number of nitrogen functional groups attached to an aromatic ring is 1. The van der Waals surface area contributed by atoms with Crippen LogP contribution in [0.15, 0.2) is 28.2 Å². The molecule has 0 aliphatic rings. The van der Waals surface area contributed by atoms with Gasteiger partial charge in [0.15, 0.2) is 0 Å². The van der Waals surface area contributed by atoms with E-state index in [1.165, 1.54) is 12.3 Å². The van der Waals surface area contributed by atoms with Gasteiger partial charge in [-0.15, -0.1) is 11.3 Å². The molecule has 18 heavy (non-hydrogen) atoms. The number of thiophene rings is 1. The minimum Gasteiger partial charge on any atom is -0.382 e. The molecule has 7 heteroatoms. The van der Waals surface area contributed by atoms with Crippen LogP contribution < -0.4 is 11.1 Å². The number of anilines is 1. The van der Waals surface area contributed by atoms with E-state index in [1.54, 1.807) is 11.3 Å². The van der Waals surface area contributed by atoms with Crippen molar-refractivity contribution < 1.29 is 4.79 Å². The van der Waals surface area contributed by atoms with Gasteiger partial charge in [0.2, 0.25) is 0 Å². The van der Waals surface area contributed by atoms with Crippen LogP contribution in [0.3, 0.4) is 0 Å². The molecule has 0 aromatic carbocycles. The van der Waals surface area contributed by atoms with Crippen LogP contribution in [0.25, 0.3) is 0 Å². The zero-order valence-electron chi connectivity index (χ0n) is 9.11. The maximum atomic E-state index is 11.9. The molecule has 94 valence electrons. The Morgan fingerprint density at radius 3 is 3.00 bits per heavy atom. The number of carbonyl (C=O) groups is 1. The van der Waals surface area contributed by atoms with E-state index in [-0.39, 0.29) is 16.7 Å². The van der Waals surface area contributed by atoms with Crippen molar-refractivity contribution in [3.63, 3.8) is 0 Å². The molecule has 0 aliphatic heterocycles. The van der Waals surface area contributed by atoms with Gasteiger partial charge in [-0.1, -0.05) is 11.6 Å². The van der Waals surface area contributed by atoms with Crippen LogP contribution in [0.1, 0.15) is 15.2 Å². The molecule has 0 spiro atoms. The Hall–Kier alpha value is -1.11. The number of nitrogens with two attached hydrogens (primary N) is 1. The Balaban J connectivity index is 2.04. The van der Waals surface area contributed by atoms with Gasteiger partial charge in [-0.25, -0.2) is 4.98 Å². The summed E-state index contributed by atoms with van der Waals surface area (Å²) in [4.78, 5) is 16.7. The van der Waals surface area contributed by atoms with Gasteiger partial charge < -0.3 is 11.1 Å². The van der Waals surface area contributed by atoms with E-state index in [0.29, 0.717) is 12.1 Å². The quantitative estimate of drug-likeness (QED) is 0.897. The standard InChI is InChI=1S/C11H9BrClN3OS/c12-7-1-2-18-9(7)5-16-11(17)6-3-8(13)10(14)15-4-6/h1-4H,5H2,(H2,14,15)(H,16,17). The van der Waals surface area contributed by atoms with Crippen molar-refractivity contribution in [2.75, 3.05) is 5.73 Å². The second kappa shape index (κ2) is 5.69. The topological polar surface area (TPSA) is 68.0 Å². The summed E-state index contributed by atoms with van der Waals surface area (Å²) in [5.74, 6) is -0.0149. The third-order valence-electron chi connectivity index (χ3n) is 2.23. The third-order valence-corrected chi connectivity index (χ3v) is 4.46. The summed E-state index contributed by atoms with van der Waals surface area (Å²) in [5, 5.41) is 5.02. The van der Waals surface area contributed by atoms with Crippen molar-refractivity contribution in [3.8, 4) is 0 Å². The Morgan fingerprint density at radius 2 is 2.39 bits per heavy atom. The molecule has 0 unspecified atom stereocenters. The van der Waals surface area contributed by atoms with Gasteiger partial charge in [-0.05, 0) is 33.4 Å². The Labute approximate surface area is 121 Å². The lowest BCUT2D eigenvalue weighted by Gasteiger charge is -2.05. The van der Waals surface area contributed by atoms with E-state index in [9.17, 15) is 4.79 Å². The molecular weight excluding hydrogens is 338 g/mol. The van der Waals surface area contributed by atoms with Crippen LogP contribution in [0.2, 0.25) is 5.02 Å². The number of hydrogen-bond acceptors (Lipinski definition) is 4. The van der Waals surface area contributed by atoms with Crippen molar-refractivity contribution in [2.45, 2.75) is 6.54 Å². The van der Waals surface area contributed by atoms with E-state index in [0.717, 1.165) is 9.35 Å². The lowest BCUT2D eigenvalue weighted by atomic mass is 10.2. The highest BCUT2D eigenvalue weighted by Crippen LogP contribution is 2.22. The molecule has 0 atom stereocenters. The molecule has 3 N–H and O–H groups in total. The fraction of sp³-hybridized carbons (Fsp3) is 0.0909. The Kier molecular flexibility index (Phi) is 4.21. The van der Waals surface area contributed by atoms with Gasteiger partial charge in [-0.3, -0.25) is 4.79 Å². The molecule has 0 saturated carbocycles. The van der Waals surface area contributed by atoms with E-state index >= 15 is 0 Å². The SMILES string of the molecule is Nc1ncc(C(=O)NCc2sccc2Br)cc1Cl. The predicted octanol–water partition coefficient (Wildman–Crippen LogP) is 3.07. The van der Waals surface area contributed by atoms with Crippen LogP contribution in [0.5, 0.6) is 0 Å². The predicted molar refractivity (Wildman–Crippen MR) is 76.8 cm³/mol. The zero-order chi connectivity index (χ0) is 13.1. The summed E-state index contributed by atoms with van der Waals surface area (Å²) in [6.07, 6.45) is 1.40. The molecule has 2 aromatic heterocycles. The van der Waals surface area contributed by atoms with E-state index in [1.807, 2.05) is 11.4 Å². The van der Waals surface area contributed by atoms with E-state index < -0.39 is 0 Å². The van der Waals surface area contributed by atoms with Crippen molar-refractivity contribution in [3.05, 3.63) is 43.6 Å². The summed E-state index contributed by atoms with van der Waals surface area (Å²) in [7, 11) is 0. The number of amides is 1. The van der Waals surface area contributed by atoms with Gasteiger partial charge in [0.05, 0.1) is 17.1 Å². The molecule has 4 nitrogen and oxygen atoms in total. The minimum absolute atomic E-state index is 0.217. The smallest absolute Gasteiger partial charge is 0.253 e. The molecule has 0 bridgehead atoms. The molecule has 0 aliphatic carbocycles. The second-order valence-electron chi connectivity index (χ2n) is 3.47. The van der Waals surface area contributed by atoms with Crippen LogP contribution in [0.4, 0.5) is 5.82 Å². The number of halogens is 2. The molecular formula is C11H9BrClN3OS. The molecule has 0 saturated heterocycles. The maximum absolute atomic E-state index is 11.9. The van der Waals surface area contributed by atoms with Gasteiger partial charge in [0.1, 0.15) is 5.82 Å². The highest BCUT2D eigenvalue weighted by Gasteiger charge is 2.09. The monoisotopic (exact) mass is 345 g/mol. The number of carbonyl (C=O) groups excluding carboxylic acids is 1. The largest absolute Gasteiger partial charge is 0.382 e. The highest BCUT2D eigenvalue weighted by atomic mass is 79.9. The van der Waals surface area contributed by atoms with Crippen LogP contribution in [-0.2, 0) is 6.54 Å². The maximum Gasteiger partial charge on any atom is 0.253 e.